The van der Waals surface area contributed by atoms with Crippen molar-refractivity contribution in [3.8, 4) is 17.4 Å². The maximum Gasteiger partial charge on any atom is 0.407 e. The van der Waals surface area contributed by atoms with Crippen molar-refractivity contribution in [3.63, 3.8) is 0 Å². The number of alkyl carbamates (subject to hydrolysis) is 1. The number of hydrogen-bond donors (Lipinski definition) is 3. The van der Waals surface area contributed by atoms with Crippen LogP contribution in [0, 0.1) is 12.8 Å². The van der Waals surface area contributed by atoms with E-state index >= 15 is 0 Å². The SMILES string of the molecule is CCOc1cc(O[C@@H]2C[C@H]3C(=O)N[C@]4(C(=O)NS(=O)(=O)N(C)C)C[C@H]4CCCCCC[C@H](NC(=O)OC4CCCC4)CC(=O)N3C2)c2ccc(OC)c(C)c2n1. The van der Waals surface area contributed by atoms with Gasteiger partial charge in [0.15, 0.2) is 0 Å². The Bertz CT molecular complexity index is 1900. The second kappa shape index (κ2) is 17.4. The topological polar surface area (TPSA) is 195 Å². The van der Waals surface area contributed by atoms with Crippen molar-refractivity contribution in [1.29, 1.82) is 0 Å². The van der Waals surface area contributed by atoms with Gasteiger partial charge in [-0.25, -0.2) is 14.5 Å². The smallest absolute Gasteiger partial charge is 0.407 e. The normalized spacial score (nSPS) is 26.4. The summed E-state index contributed by atoms with van der Waals surface area (Å²) in [4.78, 5) is 61.6. The molecule has 4 aliphatic rings. The number of methoxy groups -OCH3 is 1. The number of ether oxygens (including phenoxy) is 4. The van der Waals surface area contributed by atoms with Crippen LogP contribution >= 0.6 is 0 Å². The Hall–Kier alpha value is -4.38. The first-order chi connectivity index (χ1) is 26.7. The van der Waals surface area contributed by atoms with Gasteiger partial charge in [0.1, 0.15) is 35.3 Å². The third kappa shape index (κ3) is 9.25. The summed E-state index contributed by atoms with van der Waals surface area (Å²) in [5, 5.41) is 6.55. The number of benzene rings is 1. The number of carbonyl (C=O) groups is 4. The van der Waals surface area contributed by atoms with Crippen molar-refractivity contribution in [3.05, 3.63) is 23.8 Å². The lowest BCUT2D eigenvalue weighted by atomic mass is 10.0. The van der Waals surface area contributed by atoms with Crippen molar-refractivity contribution < 1.29 is 46.5 Å². The molecule has 308 valence electrons. The van der Waals surface area contributed by atoms with Gasteiger partial charge in [0.2, 0.25) is 17.7 Å². The first-order valence-corrected chi connectivity index (χ1v) is 21.3. The number of carbonyl (C=O) groups excluding carboxylic acids is 4. The summed E-state index contributed by atoms with van der Waals surface area (Å²) in [6, 6.07) is 3.76. The quantitative estimate of drug-likeness (QED) is 0.316. The number of pyridine rings is 1. The highest BCUT2D eigenvalue weighted by Crippen LogP contribution is 2.48. The molecule has 4 amide bonds. The Labute approximate surface area is 328 Å². The average molecular weight is 801 g/mol. The van der Waals surface area contributed by atoms with E-state index in [9.17, 15) is 27.6 Å². The highest BCUT2D eigenvalue weighted by Gasteiger charge is 2.62. The number of aryl methyl sites for hydroxylation is 1. The van der Waals surface area contributed by atoms with Gasteiger partial charge in [-0.2, -0.15) is 12.7 Å². The fraction of sp³-hybridized carbons (Fsp3) is 0.667. The molecule has 1 aromatic carbocycles. The minimum atomic E-state index is -4.14. The lowest BCUT2D eigenvalue weighted by Crippen LogP contribution is -2.57. The Balaban J connectivity index is 1.30. The lowest BCUT2D eigenvalue weighted by molar-refractivity contribution is -0.140. The second-order valence-corrected chi connectivity index (χ2v) is 17.5. The third-order valence-electron chi connectivity index (χ3n) is 11.5. The van der Waals surface area contributed by atoms with E-state index in [1.54, 1.807) is 13.2 Å². The highest BCUT2D eigenvalue weighted by molar-refractivity contribution is 7.87. The van der Waals surface area contributed by atoms with Crippen LogP contribution in [0.1, 0.15) is 96.0 Å². The predicted molar refractivity (Wildman–Crippen MR) is 206 cm³/mol. The van der Waals surface area contributed by atoms with Crippen LogP contribution in [0.3, 0.4) is 0 Å². The number of aromatic nitrogens is 1. The summed E-state index contributed by atoms with van der Waals surface area (Å²) in [5.74, 6) is -0.610. The van der Waals surface area contributed by atoms with E-state index in [1.807, 2.05) is 26.0 Å². The molecule has 5 atom stereocenters. The van der Waals surface area contributed by atoms with Gasteiger partial charge in [-0.15, -0.1) is 0 Å². The summed E-state index contributed by atoms with van der Waals surface area (Å²) in [7, 11) is 0.0657. The van der Waals surface area contributed by atoms with E-state index in [0.717, 1.165) is 61.2 Å². The molecule has 4 fully saturated rings. The van der Waals surface area contributed by atoms with Crippen molar-refractivity contribution in [2.45, 2.75) is 127 Å². The Morgan fingerprint density at radius 1 is 1.02 bits per heavy atom. The molecule has 3 N–H and O–H groups in total. The average Bonchev–Trinajstić information content (AvgIpc) is 3.41. The van der Waals surface area contributed by atoms with Crippen LogP contribution in [0.15, 0.2) is 18.2 Å². The monoisotopic (exact) mass is 800 g/mol. The van der Waals surface area contributed by atoms with E-state index in [-0.39, 0.29) is 43.7 Å². The molecule has 0 bridgehead atoms. The standard InChI is InChI=1S/C39H56N6O10S/c1-6-53-33-21-32(29-17-18-31(52-5)24(2)35(29)41-33)54-28-20-30-36(47)42-39(37(48)43-56(50,51)44(3)4)22-25(39)13-9-7-8-10-14-26(19-34(46)45(30)23-28)40-38(49)55-27-15-11-12-16-27/h17-18,21,25-28,30H,6-16,19-20,22-23H2,1-5H3,(H,40,49)(H,42,47)(H,43,48)/t25-,26+,28-,30+,39-/m1/s1. The summed E-state index contributed by atoms with van der Waals surface area (Å²) >= 11 is 0. The van der Waals surface area contributed by atoms with Crippen molar-refractivity contribution in [2.24, 2.45) is 5.92 Å². The van der Waals surface area contributed by atoms with Gasteiger partial charge in [0.25, 0.3) is 5.91 Å². The minimum Gasteiger partial charge on any atom is -0.496 e. The Morgan fingerprint density at radius 2 is 1.73 bits per heavy atom. The van der Waals surface area contributed by atoms with Gasteiger partial charge in [-0.1, -0.05) is 25.7 Å². The maximum absolute atomic E-state index is 14.4. The number of nitrogens with zero attached hydrogens (tertiary/aromatic N) is 3. The Kier molecular flexibility index (Phi) is 12.8. The zero-order valence-corrected chi connectivity index (χ0v) is 33.9. The summed E-state index contributed by atoms with van der Waals surface area (Å²) in [5.41, 5.74) is -0.0496. The molecule has 1 aromatic heterocycles. The van der Waals surface area contributed by atoms with Gasteiger partial charge in [-0.3, -0.25) is 14.4 Å². The van der Waals surface area contributed by atoms with Gasteiger partial charge in [-0.05, 0) is 76.8 Å². The van der Waals surface area contributed by atoms with E-state index in [2.05, 4.69) is 20.3 Å². The zero-order valence-electron chi connectivity index (χ0n) is 33.1. The van der Waals surface area contributed by atoms with E-state index in [1.165, 1.54) is 19.0 Å². The molecule has 3 heterocycles. The van der Waals surface area contributed by atoms with Gasteiger partial charge < -0.3 is 34.5 Å². The van der Waals surface area contributed by atoms with E-state index < -0.39 is 51.8 Å². The number of nitrogens with one attached hydrogen (secondary N) is 3. The lowest BCUT2D eigenvalue weighted by Gasteiger charge is -2.28. The first-order valence-electron chi connectivity index (χ1n) is 19.9. The molecule has 17 heteroatoms. The van der Waals surface area contributed by atoms with Gasteiger partial charge in [0, 0.05) is 50.0 Å². The predicted octanol–water partition coefficient (Wildman–Crippen LogP) is 3.88. The zero-order chi connectivity index (χ0) is 40.2. The molecule has 0 unspecified atom stereocenters. The summed E-state index contributed by atoms with van der Waals surface area (Å²) in [6.07, 6.45) is 6.89. The van der Waals surface area contributed by atoms with Gasteiger partial charge >= 0.3 is 16.3 Å². The van der Waals surface area contributed by atoms with E-state index in [0.29, 0.717) is 47.7 Å². The number of amides is 4. The van der Waals surface area contributed by atoms with Crippen LogP contribution in [-0.4, -0.2) is 111 Å². The molecule has 2 aromatic rings. The molecule has 0 radical (unpaired) electrons. The molecule has 2 aliphatic heterocycles. The van der Waals surface area contributed by atoms with Crippen LogP contribution in [0.2, 0.25) is 0 Å². The van der Waals surface area contributed by atoms with Crippen LogP contribution in [0.5, 0.6) is 17.4 Å². The first kappa shape index (κ1) is 41.3. The molecule has 16 nitrogen and oxygen atoms in total. The largest absolute Gasteiger partial charge is 0.496 e. The van der Waals surface area contributed by atoms with Gasteiger partial charge in [0.05, 0.1) is 25.8 Å². The molecular formula is C39H56N6O10S. The maximum atomic E-state index is 14.4. The molecule has 0 spiro atoms. The molecule has 2 saturated carbocycles. The van der Waals surface area contributed by atoms with Crippen molar-refractivity contribution >= 4 is 44.9 Å². The number of hydrogen-bond acceptors (Lipinski definition) is 11. The van der Waals surface area contributed by atoms with E-state index in [4.69, 9.17) is 18.9 Å². The molecular weight excluding hydrogens is 745 g/mol. The number of fused-ring (bicyclic) bond motifs is 3. The van der Waals surface area contributed by atoms with Crippen LogP contribution < -0.4 is 29.6 Å². The summed E-state index contributed by atoms with van der Waals surface area (Å²) < 4.78 is 52.1. The third-order valence-corrected chi connectivity index (χ3v) is 13.0. The van der Waals surface area contributed by atoms with Crippen molar-refractivity contribution in [1.82, 2.24) is 29.5 Å². The van der Waals surface area contributed by atoms with Crippen molar-refractivity contribution in [2.75, 3.05) is 34.4 Å². The molecule has 2 aliphatic carbocycles. The highest BCUT2D eigenvalue weighted by atomic mass is 32.2. The minimum absolute atomic E-state index is 0.0384. The summed E-state index contributed by atoms with van der Waals surface area (Å²) in [6.45, 7) is 4.14. The molecule has 2 saturated heterocycles. The molecule has 56 heavy (non-hydrogen) atoms. The molecule has 6 rings (SSSR count). The number of rotatable bonds is 10. The van der Waals surface area contributed by atoms with Crippen LogP contribution in [-0.2, 0) is 29.3 Å². The second-order valence-electron chi connectivity index (χ2n) is 15.6. The van der Waals surface area contributed by atoms with Crippen LogP contribution in [0.25, 0.3) is 10.9 Å². The Morgan fingerprint density at radius 3 is 2.43 bits per heavy atom. The van der Waals surface area contributed by atoms with Crippen LogP contribution in [0.4, 0.5) is 4.79 Å². The fourth-order valence-corrected chi connectivity index (χ4v) is 8.90. The fourth-order valence-electron chi connectivity index (χ4n) is 8.30.